The van der Waals surface area contributed by atoms with Gasteiger partial charge in [-0.2, -0.15) is 0 Å². The van der Waals surface area contributed by atoms with Gasteiger partial charge in [0.05, 0.1) is 37.6 Å². The van der Waals surface area contributed by atoms with Gasteiger partial charge in [0.1, 0.15) is 0 Å². The Bertz CT molecular complexity index is 1920. The molecule has 0 bridgehead atoms. The van der Waals surface area contributed by atoms with Crippen molar-refractivity contribution in [2.75, 3.05) is 26.4 Å². The summed E-state index contributed by atoms with van der Waals surface area (Å²) in [5.74, 6) is 10.8. The van der Waals surface area contributed by atoms with Gasteiger partial charge < -0.3 is 18.9 Å². The second-order valence-corrected chi connectivity index (χ2v) is 11.4. The van der Waals surface area contributed by atoms with Gasteiger partial charge in [0.25, 0.3) is 0 Å². The van der Waals surface area contributed by atoms with Crippen LogP contribution in [0.25, 0.3) is 11.1 Å². The van der Waals surface area contributed by atoms with Crippen LogP contribution in [0.1, 0.15) is 66.9 Å². The van der Waals surface area contributed by atoms with E-state index in [-0.39, 0.29) is 26.4 Å². The highest BCUT2D eigenvalue weighted by Crippen LogP contribution is 2.28. The number of rotatable bonds is 13. The van der Waals surface area contributed by atoms with E-state index in [4.69, 9.17) is 18.9 Å². The lowest BCUT2D eigenvalue weighted by molar-refractivity contribution is -0.138. The fraction of sp³-hybridized carbons (Fsp3) is 0.182. The summed E-state index contributed by atoms with van der Waals surface area (Å²) < 4.78 is 20.2. The number of carbonyl (C=O) groups excluding carboxylic acids is 4. The molecular weight excluding hydrogens is 656 g/mol. The van der Waals surface area contributed by atoms with Gasteiger partial charge in [-0.05, 0) is 109 Å². The number of esters is 4. The summed E-state index contributed by atoms with van der Waals surface area (Å²) in [6.45, 7) is 11.3. The summed E-state index contributed by atoms with van der Waals surface area (Å²) in [6.07, 6.45) is 2.96. The van der Waals surface area contributed by atoms with Crippen molar-refractivity contribution in [3.8, 4) is 34.8 Å². The van der Waals surface area contributed by atoms with E-state index in [0.717, 1.165) is 56.7 Å². The van der Waals surface area contributed by atoms with Gasteiger partial charge in [-0.25, -0.2) is 19.2 Å². The molecule has 0 radical (unpaired) electrons. The lowest BCUT2D eigenvalue weighted by Gasteiger charge is -2.10. The van der Waals surface area contributed by atoms with Crippen molar-refractivity contribution in [1.29, 1.82) is 0 Å². The van der Waals surface area contributed by atoms with Gasteiger partial charge in [0, 0.05) is 47.2 Å². The van der Waals surface area contributed by atoms with Crippen LogP contribution in [-0.4, -0.2) is 50.3 Å². The van der Waals surface area contributed by atoms with Crippen LogP contribution in [0.3, 0.4) is 0 Å². The first-order valence-electron chi connectivity index (χ1n) is 16.6. The van der Waals surface area contributed by atoms with Gasteiger partial charge in [-0.3, -0.25) is 0 Å². The van der Waals surface area contributed by atoms with Crippen LogP contribution in [0.5, 0.6) is 0 Å². The predicted molar refractivity (Wildman–Crippen MR) is 198 cm³/mol. The van der Waals surface area contributed by atoms with E-state index in [1.165, 1.54) is 0 Å². The van der Waals surface area contributed by atoms with Gasteiger partial charge in [-0.1, -0.05) is 49.0 Å². The zero-order valence-electron chi connectivity index (χ0n) is 29.2. The summed E-state index contributed by atoms with van der Waals surface area (Å²) >= 11 is 0. The summed E-state index contributed by atoms with van der Waals surface area (Å²) in [5.41, 5.74) is 8.46. The molecule has 0 unspecified atom stereocenters. The molecule has 52 heavy (non-hydrogen) atoms. The molecule has 0 atom stereocenters. The van der Waals surface area contributed by atoms with E-state index in [0.29, 0.717) is 24.0 Å². The van der Waals surface area contributed by atoms with Crippen LogP contribution < -0.4 is 0 Å². The largest absolute Gasteiger partial charge is 0.462 e. The molecule has 4 aromatic rings. The van der Waals surface area contributed by atoms with Crippen molar-refractivity contribution in [3.05, 3.63) is 155 Å². The van der Waals surface area contributed by atoms with E-state index >= 15 is 0 Å². The van der Waals surface area contributed by atoms with Crippen LogP contribution in [0.4, 0.5) is 0 Å². The second-order valence-electron chi connectivity index (χ2n) is 11.4. The van der Waals surface area contributed by atoms with E-state index < -0.39 is 23.9 Å². The molecular formula is C44H38O8. The summed E-state index contributed by atoms with van der Waals surface area (Å²) in [6, 6.07) is 26.0. The summed E-state index contributed by atoms with van der Waals surface area (Å²) in [4.78, 5) is 46.7. The molecule has 0 N–H and O–H groups in total. The van der Waals surface area contributed by atoms with Gasteiger partial charge in [-0.15, -0.1) is 0 Å². The Morgan fingerprint density at radius 3 is 1.17 bits per heavy atom. The maximum absolute atomic E-state index is 12.3. The first-order valence-corrected chi connectivity index (χ1v) is 16.6. The third-order valence-corrected chi connectivity index (χ3v) is 7.55. The Morgan fingerprint density at radius 2 is 0.827 bits per heavy atom. The molecule has 262 valence electrons. The molecule has 0 amide bonds. The fourth-order valence-corrected chi connectivity index (χ4v) is 4.83. The molecule has 0 aliphatic carbocycles. The minimum atomic E-state index is -0.510. The first kappa shape index (κ1) is 38.2. The van der Waals surface area contributed by atoms with Gasteiger partial charge in [0.15, 0.2) is 0 Å². The Labute approximate surface area is 304 Å². The van der Waals surface area contributed by atoms with Crippen LogP contribution in [0.15, 0.2) is 110 Å². The van der Waals surface area contributed by atoms with Crippen LogP contribution in [0.2, 0.25) is 0 Å². The number of aryl methyl sites for hydroxylation is 2. The van der Waals surface area contributed by atoms with Crippen LogP contribution in [-0.2, 0) is 28.5 Å². The summed E-state index contributed by atoms with van der Waals surface area (Å²) in [5, 5.41) is 0. The molecule has 0 aromatic heterocycles. The highest BCUT2D eigenvalue weighted by Gasteiger charge is 2.09. The average molecular weight is 695 g/mol. The van der Waals surface area contributed by atoms with Gasteiger partial charge >= 0.3 is 23.9 Å². The molecule has 0 spiro atoms. The topological polar surface area (TPSA) is 105 Å². The molecule has 8 nitrogen and oxygen atoms in total. The molecule has 8 heteroatoms. The maximum Gasteiger partial charge on any atom is 0.338 e. The Morgan fingerprint density at radius 1 is 0.500 bits per heavy atom. The molecule has 0 aliphatic rings. The predicted octanol–water partition coefficient (Wildman–Crippen LogP) is 7.32. The molecule has 0 saturated carbocycles. The number of hydrogen-bond donors (Lipinski definition) is 0. The number of hydrogen-bond acceptors (Lipinski definition) is 8. The summed E-state index contributed by atoms with van der Waals surface area (Å²) in [7, 11) is 0. The van der Waals surface area contributed by atoms with E-state index in [1.54, 1.807) is 48.5 Å². The van der Waals surface area contributed by atoms with Crippen LogP contribution >= 0.6 is 0 Å². The second kappa shape index (κ2) is 19.5. The van der Waals surface area contributed by atoms with Crippen molar-refractivity contribution in [3.63, 3.8) is 0 Å². The highest BCUT2D eigenvalue weighted by atomic mass is 16.6. The third kappa shape index (κ3) is 11.8. The SMILES string of the molecule is C=CC(=O)OCCCOC(=O)c1ccc(C#Cc2ccc(-c3ccc(C#Cc4ccc(C(=O)OCCCOC(=O)C=C)cc4)cc3C)c(C)c2)cc1. The quantitative estimate of drug-likeness (QED) is 0.0472. The van der Waals surface area contributed by atoms with Gasteiger partial charge in [0.2, 0.25) is 0 Å². The first-order chi connectivity index (χ1) is 25.2. The lowest BCUT2D eigenvalue weighted by atomic mass is 9.94. The van der Waals surface area contributed by atoms with E-state index in [1.807, 2.05) is 24.3 Å². The molecule has 0 fully saturated rings. The number of ether oxygens (including phenoxy) is 4. The van der Waals surface area contributed by atoms with Crippen molar-refractivity contribution in [1.82, 2.24) is 0 Å². The Balaban J connectivity index is 1.31. The Kier molecular flexibility index (Phi) is 14.3. The van der Waals surface area contributed by atoms with Crippen LogP contribution in [0, 0.1) is 37.5 Å². The standard InChI is InChI=1S/C44H38O8/c1-5-41(45)49-25-7-27-51-43(47)37-19-13-33(14-20-37)9-11-35-17-23-39(31(3)29-35)40-24-18-36(30-32(40)4)12-10-34-15-21-38(22-16-34)44(48)52-28-8-26-50-42(46)6-2/h5-6,13-24,29-30H,1-2,7-8,25-28H2,3-4H3. The third-order valence-electron chi connectivity index (χ3n) is 7.55. The molecule has 4 rings (SSSR count). The highest BCUT2D eigenvalue weighted by molar-refractivity contribution is 5.90. The fourth-order valence-electron chi connectivity index (χ4n) is 4.83. The maximum atomic E-state index is 12.3. The average Bonchev–Trinajstić information content (AvgIpc) is 3.16. The minimum Gasteiger partial charge on any atom is -0.462 e. The van der Waals surface area contributed by atoms with E-state index in [9.17, 15) is 19.2 Å². The van der Waals surface area contributed by atoms with Crippen molar-refractivity contribution in [2.24, 2.45) is 0 Å². The molecule has 0 saturated heterocycles. The van der Waals surface area contributed by atoms with E-state index in [2.05, 4.69) is 62.8 Å². The lowest BCUT2D eigenvalue weighted by Crippen LogP contribution is -2.09. The van der Waals surface area contributed by atoms with Crippen molar-refractivity contribution in [2.45, 2.75) is 26.7 Å². The molecule has 0 aliphatic heterocycles. The Hall–Kier alpha value is -6.64. The number of carbonyl (C=O) groups is 4. The smallest absolute Gasteiger partial charge is 0.338 e. The minimum absolute atomic E-state index is 0.137. The normalized spacial score (nSPS) is 9.96. The zero-order valence-corrected chi connectivity index (χ0v) is 29.2. The monoisotopic (exact) mass is 694 g/mol. The zero-order chi connectivity index (χ0) is 37.3. The molecule has 4 aromatic carbocycles. The number of benzene rings is 4. The van der Waals surface area contributed by atoms with Crippen molar-refractivity contribution >= 4 is 23.9 Å². The molecule has 0 heterocycles. The van der Waals surface area contributed by atoms with Crippen molar-refractivity contribution < 1.29 is 38.1 Å².